The molecule has 0 aromatic heterocycles. The van der Waals surface area contributed by atoms with Gasteiger partial charge in [0.25, 0.3) is 5.69 Å². The quantitative estimate of drug-likeness (QED) is 0.220. The number of nitrogens with two attached hydrogens (primary N) is 1. The average Bonchev–Trinajstić information content (AvgIpc) is 2.99. The number of carbonyl (C=O) groups excluding carboxylic acids is 2. The van der Waals surface area contributed by atoms with E-state index in [1.54, 1.807) is 29.0 Å². The summed E-state index contributed by atoms with van der Waals surface area (Å²) in [5.74, 6) is 0. The minimum absolute atomic E-state index is 0.0956. The molecule has 2 heterocycles. The van der Waals surface area contributed by atoms with Gasteiger partial charge in [0.05, 0.1) is 4.92 Å². The third kappa shape index (κ3) is 11.0. The molecule has 2 aromatic rings. The van der Waals surface area contributed by atoms with E-state index in [0.29, 0.717) is 0 Å². The predicted molar refractivity (Wildman–Crippen MR) is 182 cm³/mol. The molecule has 4 rings (SSSR count). The van der Waals surface area contributed by atoms with Crippen LogP contribution in [0.3, 0.4) is 0 Å². The summed E-state index contributed by atoms with van der Waals surface area (Å²) in [6.07, 6.45) is 3.04. The molecule has 2 N–H and O–H groups in total. The van der Waals surface area contributed by atoms with E-state index < -0.39 is 16.1 Å². The molecule has 12 heteroatoms. The van der Waals surface area contributed by atoms with Gasteiger partial charge in [-0.2, -0.15) is 0 Å². The molecular weight excluding hydrogens is 588 g/mol. The summed E-state index contributed by atoms with van der Waals surface area (Å²) in [4.78, 5) is 42.5. The monoisotopic (exact) mass is 640 g/mol. The summed E-state index contributed by atoms with van der Waals surface area (Å²) in [7, 11) is 3.61. The molecule has 2 fully saturated rings. The topological polar surface area (TPSA) is 135 Å². The van der Waals surface area contributed by atoms with Crippen molar-refractivity contribution in [2.45, 2.75) is 90.5 Å². The fourth-order valence-electron chi connectivity index (χ4n) is 5.46. The van der Waals surface area contributed by atoms with Gasteiger partial charge < -0.3 is 34.8 Å². The summed E-state index contributed by atoms with van der Waals surface area (Å²) < 4.78 is 10.8. The molecule has 46 heavy (non-hydrogen) atoms. The molecule has 0 unspecified atom stereocenters. The van der Waals surface area contributed by atoms with Crippen molar-refractivity contribution < 1.29 is 24.0 Å². The first-order valence-corrected chi connectivity index (χ1v) is 15.9. The zero-order valence-corrected chi connectivity index (χ0v) is 28.7. The fraction of sp³-hybridized carbons (Fsp3) is 0.588. The summed E-state index contributed by atoms with van der Waals surface area (Å²) in [5, 5.41) is 10.7. The normalized spacial score (nSPS) is 16.2. The third-order valence-corrected chi connectivity index (χ3v) is 8.07. The zero-order valence-electron chi connectivity index (χ0n) is 28.7. The van der Waals surface area contributed by atoms with Gasteiger partial charge in [-0.05, 0) is 104 Å². The van der Waals surface area contributed by atoms with Gasteiger partial charge in [-0.3, -0.25) is 10.1 Å². The number of carbonyl (C=O) groups is 2. The lowest BCUT2D eigenvalue weighted by atomic mass is 10.0. The lowest BCUT2D eigenvalue weighted by molar-refractivity contribution is -0.384. The number of non-ortho nitro benzene ring substituents is 1. The molecule has 0 saturated carbocycles. The van der Waals surface area contributed by atoms with E-state index >= 15 is 0 Å². The fourth-order valence-corrected chi connectivity index (χ4v) is 5.46. The Morgan fingerprint density at radius 3 is 1.35 bits per heavy atom. The number of rotatable bonds is 5. The lowest BCUT2D eigenvalue weighted by Crippen LogP contribution is -2.47. The van der Waals surface area contributed by atoms with E-state index in [0.717, 1.165) is 63.2 Å². The number of piperidine rings is 2. The van der Waals surface area contributed by atoms with Gasteiger partial charge in [-0.15, -0.1) is 0 Å². The van der Waals surface area contributed by atoms with Crippen molar-refractivity contribution >= 4 is 34.9 Å². The molecule has 0 radical (unpaired) electrons. The van der Waals surface area contributed by atoms with Crippen LogP contribution in [0.25, 0.3) is 0 Å². The molecule has 254 valence electrons. The highest BCUT2D eigenvalue weighted by Crippen LogP contribution is 2.26. The Balaban J connectivity index is 0.000000251. The summed E-state index contributed by atoms with van der Waals surface area (Å²) in [6.45, 7) is 14.7. The van der Waals surface area contributed by atoms with E-state index in [4.69, 9.17) is 15.2 Å². The highest BCUT2D eigenvalue weighted by atomic mass is 16.6. The van der Waals surface area contributed by atoms with Gasteiger partial charge in [0, 0.05) is 81.6 Å². The number of ether oxygens (including phenoxy) is 2. The smallest absolute Gasteiger partial charge is 0.410 e. The summed E-state index contributed by atoms with van der Waals surface area (Å²) >= 11 is 0. The number of nitro groups is 1. The molecule has 12 nitrogen and oxygen atoms in total. The van der Waals surface area contributed by atoms with Crippen molar-refractivity contribution in [3.63, 3.8) is 0 Å². The van der Waals surface area contributed by atoms with Crippen molar-refractivity contribution in [3.8, 4) is 0 Å². The maximum atomic E-state index is 12.1. The largest absolute Gasteiger partial charge is 0.444 e. The highest BCUT2D eigenvalue weighted by Gasteiger charge is 2.30. The Morgan fingerprint density at radius 2 is 1.04 bits per heavy atom. The van der Waals surface area contributed by atoms with Gasteiger partial charge in [-0.25, -0.2) is 9.59 Å². The van der Waals surface area contributed by atoms with E-state index in [2.05, 4.69) is 9.80 Å². The lowest BCUT2D eigenvalue weighted by Gasteiger charge is -2.38. The maximum Gasteiger partial charge on any atom is 0.410 e. The van der Waals surface area contributed by atoms with Crippen molar-refractivity contribution in [2.75, 3.05) is 55.8 Å². The first-order valence-electron chi connectivity index (χ1n) is 15.9. The van der Waals surface area contributed by atoms with Crippen LogP contribution in [0.2, 0.25) is 0 Å². The van der Waals surface area contributed by atoms with E-state index in [1.807, 2.05) is 72.9 Å². The molecule has 2 saturated heterocycles. The predicted octanol–water partition coefficient (Wildman–Crippen LogP) is 6.54. The molecule has 0 atom stereocenters. The van der Waals surface area contributed by atoms with Gasteiger partial charge in [-0.1, -0.05) is 0 Å². The van der Waals surface area contributed by atoms with Crippen molar-refractivity contribution in [1.82, 2.24) is 9.80 Å². The molecular formula is C34H52N6O6. The second kappa shape index (κ2) is 15.4. The van der Waals surface area contributed by atoms with E-state index in [9.17, 15) is 19.7 Å². The zero-order chi connectivity index (χ0) is 34.2. The first-order chi connectivity index (χ1) is 21.4. The number of nitrogens with zero attached hydrogens (tertiary/aromatic N) is 5. The Hall–Kier alpha value is -4.22. The van der Waals surface area contributed by atoms with Crippen LogP contribution in [0, 0.1) is 10.1 Å². The van der Waals surface area contributed by atoms with Gasteiger partial charge in [0.15, 0.2) is 0 Å². The number of hydrogen-bond donors (Lipinski definition) is 1. The van der Waals surface area contributed by atoms with Crippen LogP contribution < -0.4 is 15.5 Å². The Morgan fingerprint density at radius 1 is 0.717 bits per heavy atom. The van der Waals surface area contributed by atoms with Gasteiger partial charge in [0.1, 0.15) is 11.2 Å². The number of hydrogen-bond acceptors (Lipinski definition) is 9. The van der Waals surface area contributed by atoms with E-state index in [-0.39, 0.29) is 30.0 Å². The minimum Gasteiger partial charge on any atom is -0.444 e. The van der Waals surface area contributed by atoms with Gasteiger partial charge in [0.2, 0.25) is 0 Å². The standard InChI is InChI=1S/C17H25N3O4.C17H27N3O2/c1-17(2,3)24-16(21)18(4)13-9-11-19(12-10-13)14-5-7-15(8-6-14)20(22)23;1-17(2,3)22-16(21)19(4)14-9-11-20(12-10-14)15-7-5-13(18)6-8-15/h5-8,13H,9-12H2,1-4H3;5-8,14H,9-12,18H2,1-4H3. The van der Waals surface area contributed by atoms with Crippen LogP contribution in [0.5, 0.6) is 0 Å². The number of amides is 2. The van der Waals surface area contributed by atoms with Crippen LogP contribution >= 0.6 is 0 Å². The Labute approximate surface area is 273 Å². The number of nitro benzene ring substituents is 1. The van der Waals surface area contributed by atoms with E-state index in [1.165, 1.54) is 17.8 Å². The maximum absolute atomic E-state index is 12.1. The second-order valence-corrected chi connectivity index (χ2v) is 14.0. The summed E-state index contributed by atoms with van der Waals surface area (Å²) in [6, 6.07) is 14.9. The molecule has 0 aliphatic carbocycles. The van der Waals surface area contributed by atoms with Crippen molar-refractivity contribution in [1.29, 1.82) is 0 Å². The minimum atomic E-state index is -0.495. The third-order valence-electron chi connectivity index (χ3n) is 8.07. The van der Waals surface area contributed by atoms with Crippen molar-refractivity contribution in [3.05, 3.63) is 58.6 Å². The van der Waals surface area contributed by atoms with Crippen LogP contribution in [0.1, 0.15) is 67.2 Å². The van der Waals surface area contributed by atoms with Crippen LogP contribution in [-0.2, 0) is 9.47 Å². The SMILES string of the molecule is CN(C(=O)OC(C)(C)C)C1CCN(c2ccc(N)cc2)CC1.CN(C(=O)OC(C)(C)C)C1CCN(c2ccc([N+](=O)[O-])cc2)CC1. The second-order valence-electron chi connectivity index (χ2n) is 14.0. The molecule has 2 aromatic carbocycles. The highest BCUT2D eigenvalue weighted by molar-refractivity contribution is 5.68. The van der Waals surface area contributed by atoms with Crippen LogP contribution in [0.4, 0.5) is 32.3 Å². The molecule has 2 amide bonds. The first kappa shape index (κ1) is 36.3. The molecule has 0 spiro atoms. The van der Waals surface area contributed by atoms with Gasteiger partial charge >= 0.3 is 12.2 Å². The van der Waals surface area contributed by atoms with Crippen LogP contribution in [-0.4, -0.2) is 90.5 Å². The Kier molecular flexibility index (Phi) is 12.1. The van der Waals surface area contributed by atoms with Crippen molar-refractivity contribution in [2.24, 2.45) is 0 Å². The summed E-state index contributed by atoms with van der Waals surface area (Å²) in [5.41, 5.74) is 7.82. The molecule has 2 aliphatic rings. The number of benzene rings is 2. The molecule has 2 aliphatic heterocycles. The Bertz CT molecular complexity index is 1290. The number of nitrogen functional groups attached to an aromatic ring is 1. The number of anilines is 3. The van der Waals surface area contributed by atoms with Crippen LogP contribution in [0.15, 0.2) is 48.5 Å². The molecule has 0 bridgehead atoms. The average molecular weight is 641 g/mol.